The molecule has 0 aliphatic carbocycles. The van der Waals surface area contributed by atoms with Gasteiger partial charge in [-0.15, -0.1) is 0 Å². The molecule has 3 heteroatoms. The van der Waals surface area contributed by atoms with Crippen molar-refractivity contribution in [1.82, 2.24) is 0 Å². The molecule has 0 heterocycles. The fourth-order valence-electron chi connectivity index (χ4n) is 1.01. The average Bonchev–Trinajstić information content (AvgIpc) is 1.83. The van der Waals surface area contributed by atoms with Crippen molar-refractivity contribution in [1.29, 1.82) is 0 Å². The molecule has 0 bridgehead atoms. The van der Waals surface area contributed by atoms with Crippen molar-refractivity contribution < 1.29 is 4.92 Å². The van der Waals surface area contributed by atoms with Crippen molar-refractivity contribution in [2.45, 2.75) is 34.1 Å². The molecule has 0 aromatic heterocycles. The van der Waals surface area contributed by atoms with Gasteiger partial charge in [-0.05, 0) is 17.9 Å². The van der Waals surface area contributed by atoms with Crippen LogP contribution in [-0.4, -0.2) is 4.92 Å². The third-order valence-electron chi connectivity index (χ3n) is 1.38. The molecule has 0 saturated heterocycles. The molecular weight excluding hydrogens is 154 g/mol. The Morgan fingerprint density at radius 2 is 1.92 bits per heavy atom. The lowest BCUT2D eigenvalue weighted by atomic mass is 10.1. The Hall–Kier alpha value is -0.860. The minimum absolute atomic E-state index is 0.254. The van der Waals surface area contributed by atoms with Gasteiger partial charge in [0.2, 0.25) is 5.70 Å². The van der Waals surface area contributed by atoms with Crippen LogP contribution in [0.3, 0.4) is 0 Å². The molecule has 70 valence electrons. The van der Waals surface area contributed by atoms with Crippen LogP contribution in [0, 0.1) is 22.0 Å². The monoisotopic (exact) mass is 171 g/mol. The minimum Gasteiger partial charge on any atom is -0.259 e. The summed E-state index contributed by atoms with van der Waals surface area (Å²) in [5.74, 6) is 0.601. The third kappa shape index (κ3) is 4.88. The molecule has 0 fully saturated rings. The van der Waals surface area contributed by atoms with Gasteiger partial charge in [0.05, 0.1) is 4.92 Å². The van der Waals surface area contributed by atoms with Crippen LogP contribution in [0.1, 0.15) is 34.1 Å². The highest BCUT2D eigenvalue weighted by atomic mass is 16.6. The Morgan fingerprint density at radius 3 is 2.17 bits per heavy atom. The summed E-state index contributed by atoms with van der Waals surface area (Å²) in [6.07, 6.45) is 2.28. The Labute approximate surface area is 73.6 Å². The summed E-state index contributed by atoms with van der Waals surface area (Å²) in [5.41, 5.74) is 0.347. The molecule has 0 N–H and O–H groups in total. The van der Waals surface area contributed by atoms with Crippen LogP contribution in [0.5, 0.6) is 0 Å². The van der Waals surface area contributed by atoms with Crippen molar-refractivity contribution in [3.05, 3.63) is 21.9 Å². The van der Waals surface area contributed by atoms with E-state index in [0.717, 1.165) is 0 Å². The Bertz CT molecular complexity index is 183. The molecule has 3 nitrogen and oxygen atoms in total. The quantitative estimate of drug-likeness (QED) is 0.482. The van der Waals surface area contributed by atoms with E-state index in [1.54, 1.807) is 6.08 Å². The maximum absolute atomic E-state index is 10.5. The molecule has 0 aromatic rings. The van der Waals surface area contributed by atoms with Gasteiger partial charge in [-0.25, -0.2) is 0 Å². The Balaban J connectivity index is 4.34. The first-order valence-electron chi connectivity index (χ1n) is 4.28. The SMILES string of the molecule is CC(C)C=C(CC(C)C)[N+](=O)[O-]. The molecule has 0 aliphatic rings. The van der Waals surface area contributed by atoms with E-state index in [1.165, 1.54) is 0 Å². The Kier molecular flexibility index (Phi) is 4.55. The second-order valence-electron chi connectivity index (χ2n) is 3.76. The first-order chi connectivity index (χ1) is 5.43. The van der Waals surface area contributed by atoms with Crippen molar-refractivity contribution in [3.63, 3.8) is 0 Å². The third-order valence-corrected chi connectivity index (χ3v) is 1.38. The van der Waals surface area contributed by atoms with Gasteiger partial charge in [-0.2, -0.15) is 0 Å². The molecular formula is C9H17NO2. The largest absolute Gasteiger partial charge is 0.259 e. The van der Waals surface area contributed by atoms with E-state index in [2.05, 4.69) is 0 Å². The number of hydrogen-bond donors (Lipinski definition) is 0. The van der Waals surface area contributed by atoms with Crippen LogP contribution in [0.25, 0.3) is 0 Å². The molecule has 0 unspecified atom stereocenters. The van der Waals surface area contributed by atoms with Crippen molar-refractivity contribution in [3.8, 4) is 0 Å². The van der Waals surface area contributed by atoms with E-state index in [4.69, 9.17) is 0 Å². The van der Waals surface area contributed by atoms with E-state index < -0.39 is 0 Å². The second-order valence-corrected chi connectivity index (χ2v) is 3.76. The first kappa shape index (κ1) is 11.1. The van der Waals surface area contributed by atoms with Crippen LogP contribution >= 0.6 is 0 Å². The van der Waals surface area contributed by atoms with E-state index in [0.29, 0.717) is 18.0 Å². The summed E-state index contributed by atoms with van der Waals surface area (Å²) in [5, 5.41) is 10.5. The van der Waals surface area contributed by atoms with Gasteiger partial charge in [0.25, 0.3) is 0 Å². The topological polar surface area (TPSA) is 43.1 Å². The second kappa shape index (κ2) is 4.91. The summed E-state index contributed by atoms with van der Waals surface area (Å²) in [7, 11) is 0. The van der Waals surface area contributed by atoms with Crippen LogP contribution < -0.4 is 0 Å². The molecule has 0 atom stereocenters. The lowest BCUT2D eigenvalue weighted by Crippen LogP contribution is -2.04. The molecule has 0 aromatic carbocycles. The number of nitrogens with zero attached hydrogens (tertiary/aromatic N) is 1. The zero-order valence-electron chi connectivity index (χ0n) is 8.20. The minimum atomic E-state index is -0.278. The fourth-order valence-corrected chi connectivity index (χ4v) is 1.01. The van der Waals surface area contributed by atoms with Crippen LogP contribution in [0.15, 0.2) is 11.8 Å². The fraction of sp³-hybridized carbons (Fsp3) is 0.778. The first-order valence-corrected chi connectivity index (χ1v) is 4.28. The maximum Gasteiger partial charge on any atom is 0.242 e. The summed E-state index contributed by atoms with van der Waals surface area (Å²) >= 11 is 0. The zero-order valence-corrected chi connectivity index (χ0v) is 8.20. The highest BCUT2D eigenvalue weighted by molar-refractivity contribution is 4.94. The predicted molar refractivity (Wildman–Crippen MR) is 49.4 cm³/mol. The highest BCUT2D eigenvalue weighted by Gasteiger charge is 2.12. The normalized spacial score (nSPS) is 12.7. The molecule has 12 heavy (non-hydrogen) atoms. The van der Waals surface area contributed by atoms with E-state index in [1.807, 2.05) is 27.7 Å². The average molecular weight is 171 g/mol. The van der Waals surface area contributed by atoms with Crippen LogP contribution in [0.4, 0.5) is 0 Å². The van der Waals surface area contributed by atoms with Crippen molar-refractivity contribution >= 4 is 0 Å². The standard InChI is InChI=1S/C9H17NO2/c1-7(2)5-9(10(11)12)6-8(3)4/h5,7-8H,6H2,1-4H3. The number of nitro groups is 1. The van der Waals surface area contributed by atoms with Gasteiger partial charge in [0.15, 0.2) is 0 Å². The van der Waals surface area contributed by atoms with Crippen molar-refractivity contribution in [2.24, 2.45) is 11.8 Å². The van der Waals surface area contributed by atoms with Gasteiger partial charge in [0, 0.05) is 6.42 Å². The molecule has 0 aliphatic heterocycles. The molecule has 0 amide bonds. The van der Waals surface area contributed by atoms with E-state index >= 15 is 0 Å². The van der Waals surface area contributed by atoms with Gasteiger partial charge in [0.1, 0.15) is 0 Å². The summed E-state index contributed by atoms with van der Waals surface area (Å²) in [6.45, 7) is 7.86. The lowest BCUT2D eigenvalue weighted by Gasteiger charge is -2.03. The maximum atomic E-state index is 10.5. The van der Waals surface area contributed by atoms with E-state index in [-0.39, 0.29) is 10.8 Å². The van der Waals surface area contributed by atoms with Gasteiger partial charge in [-0.3, -0.25) is 10.1 Å². The van der Waals surface area contributed by atoms with Crippen LogP contribution in [-0.2, 0) is 0 Å². The van der Waals surface area contributed by atoms with Gasteiger partial charge in [-0.1, -0.05) is 27.7 Å². The molecule has 0 radical (unpaired) electrons. The van der Waals surface area contributed by atoms with E-state index in [9.17, 15) is 10.1 Å². The highest BCUT2D eigenvalue weighted by Crippen LogP contribution is 2.13. The molecule has 0 saturated carbocycles. The Morgan fingerprint density at radius 1 is 1.42 bits per heavy atom. The summed E-state index contributed by atoms with van der Waals surface area (Å²) < 4.78 is 0. The van der Waals surface area contributed by atoms with Crippen LogP contribution in [0.2, 0.25) is 0 Å². The summed E-state index contributed by atoms with van der Waals surface area (Å²) in [6, 6.07) is 0. The van der Waals surface area contributed by atoms with Crippen molar-refractivity contribution in [2.75, 3.05) is 0 Å². The summed E-state index contributed by atoms with van der Waals surface area (Å²) in [4.78, 5) is 10.2. The predicted octanol–water partition coefficient (Wildman–Crippen LogP) is 2.85. The molecule has 0 spiro atoms. The van der Waals surface area contributed by atoms with Gasteiger partial charge >= 0.3 is 0 Å². The smallest absolute Gasteiger partial charge is 0.242 e. The lowest BCUT2D eigenvalue weighted by molar-refractivity contribution is -0.429. The molecule has 0 rings (SSSR count). The number of rotatable bonds is 4. The zero-order chi connectivity index (χ0) is 9.72. The number of allylic oxidation sites excluding steroid dienone is 2. The number of hydrogen-bond acceptors (Lipinski definition) is 2. The van der Waals surface area contributed by atoms with Gasteiger partial charge < -0.3 is 0 Å².